The predicted molar refractivity (Wildman–Crippen MR) is 69.5 cm³/mol. The van der Waals surface area contributed by atoms with E-state index in [0.717, 1.165) is 31.4 Å². The van der Waals surface area contributed by atoms with Gasteiger partial charge in [0, 0.05) is 0 Å². The quantitative estimate of drug-likeness (QED) is 0.783. The molecule has 0 N–H and O–H groups in total. The highest BCUT2D eigenvalue weighted by atomic mass is 16.5. The fourth-order valence-electron chi connectivity index (χ4n) is 2.38. The maximum atomic E-state index is 11.4. The van der Waals surface area contributed by atoms with Crippen molar-refractivity contribution in [1.29, 1.82) is 5.26 Å². The van der Waals surface area contributed by atoms with Gasteiger partial charge in [-0.2, -0.15) is 5.26 Å². The van der Waals surface area contributed by atoms with Crippen molar-refractivity contribution in [1.82, 2.24) is 0 Å². The molecule has 1 aliphatic rings. The van der Waals surface area contributed by atoms with E-state index in [1.807, 2.05) is 12.1 Å². The first kappa shape index (κ1) is 13.4. The fourth-order valence-corrected chi connectivity index (χ4v) is 2.38. The summed E-state index contributed by atoms with van der Waals surface area (Å²) in [6.45, 7) is 0. The highest BCUT2D eigenvalue weighted by molar-refractivity contribution is 5.72. The summed E-state index contributed by atoms with van der Waals surface area (Å²) >= 11 is 0. The minimum Gasteiger partial charge on any atom is -0.490 e. The number of rotatable bonds is 3. The van der Waals surface area contributed by atoms with E-state index >= 15 is 0 Å². The molecular weight excluding hydrogens is 242 g/mol. The molecule has 0 bridgehead atoms. The molecule has 19 heavy (non-hydrogen) atoms. The lowest BCUT2D eigenvalue weighted by molar-refractivity contribution is -0.147. The van der Waals surface area contributed by atoms with E-state index in [-0.39, 0.29) is 18.0 Å². The van der Waals surface area contributed by atoms with E-state index in [0.29, 0.717) is 5.56 Å². The van der Waals surface area contributed by atoms with Gasteiger partial charge in [-0.15, -0.1) is 0 Å². The highest BCUT2D eigenvalue weighted by Crippen LogP contribution is 2.28. The summed E-state index contributed by atoms with van der Waals surface area (Å²) in [4.78, 5) is 11.4. The van der Waals surface area contributed by atoms with Crippen molar-refractivity contribution >= 4 is 5.97 Å². The molecule has 1 fully saturated rings. The van der Waals surface area contributed by atoms with Crippen LogP contribution in [0, 0.1) is 17.2 Å². The van der Waals surface area contributed by atoms with Crippen molar-refractivity contribution in [2.75, 3.05) is 7.11 Å². The van der Waals surface area contributed by atoms with Gasteiger partial charge in [-0.05, 0) is 49.9 Å². The van der Waals surface area contributed by atoms with Crippen molar-refractivity contribution in [2.45, 2.75) is 31.8 Å². The first-order valence-corrected chi connectivity index (χ1v) is 6.47. The zero-order valence-corrected chi connectivity index (χ0v) is 11.0. The van der Waals surface area contributed by atoms with E-state index < -0.39 is 0 Å². The summed E-state index contributed by atoms with van der Waals surface area (Å²) in [5.41, 5.74) is 0.627. The van der Waals surface area contributed by atoms with E-state index in [1.165, 1.54) is 7.11 Å². The second-order valence-electron chi connectivity index (χ2n) is 4.75. The number of esters is 1. The number of hydrogen-bond donors (Lipinski definition) is 0. The molecule has 0 aliphatic heterocycles. The molecule has 0 amide bonds. The summed E-state index contributed by atoms with van der Waals surface area (Å²) in [7, 11) is 1.43. The van der Waals surface area contributed by atoms with Crippen LogP contribution in [-0.2, 0) is 9.53 Å². The van der Waals surface area contributed by atoms with Gasteiger partial charge in [0.1, 0.15) is 5.75 Å². The molecular formula is C15H17NO3. The van der Waals surface area contributed by atoms with Crippen molar-refractivity contribution in [3.63, 3.8) is 0 Å². The fraction of sp³-hybridized carbons (Fsp3) is 0.467. The lowest BCUT2D eigenvalue weighted by atomic mass is 9.87. The van der Waals surface area contributed by atoms with Crippen LogP contribution in [0.25, 0.3) is 0 Å². The van der Waals surface area contributed by atoms with Gasteiger partial charge in [0.05, 0.1) is 30.8 Å². The molecule has 0 unspecified atom stereocenters. The molecule has 0 radical (unpaired) electrons. The monoisotopic (exact) mass is 259 g/mol. The van der Waals surface area contributed by atoms with Crippen LogP contribution in [-0.4, -0.2) is 19.2 Å². The SMILES string of the molecule is COC(=O)[C@H]1CC[C@H](Oc2ccc(C#N)cc2)CC1. The van der Waals surface area contributed by atoms with Crippen LogP contribution in [0.1, 0.15) is 31.2 Å². The highest BCUT2D eigenvalue weighted by Gasteiger charge is 2.27. The molecule has 0 saturated heterocycles. The molecule has 0 atom stereocenters. The Bertz CT molecular complexity index is 467. The molecule has 0 heterocycles. The Morgan fingerprint density at radius 2 is 1.84 bits per heavy atom. The van der Waals surface area contributed by atoms with E-state index in [2.05, 4.69) is 6.07 Å². The topological polar surface area (TPSA) is 59.3 Å². The Hall–Kier alpha value is -2.02. The van der Waals surface area contributed by atoms with Gasteiger partial charge in [0.15, 0.2) is 0 Å². The predicted octanol–water partition coefficient (Wildman–Crippen LogP) is 2.67. The number of hydrogen-bond acceptors (Lipinski definition) is 4. The summed E-state index contributed by atoms with van der Waals surface area (Å²) in [6, 6.07) is 9.19. The first-order valence-electron chi connectivity index (χ1n) is 6.47. The molecule has 1 aromatic carbocycles. The number of nitriles is 1. The standard InChI is InChI=1S/C15H17NO3/c1-18-15(17)12-4-8-14(9-5-12)19-13-6-2-11(10-16)3-7-13/h2-3,6-7,12,14H,4-5,8-9H2,1H3/t12-,14-. The lowest BCUT2D eigenvalue weighted by Gasteiger charge is -2.27. The van der Waals surface area contributed by atoms with E-state index in [4.69, 9.17) is 14.7 Å². The third-order valence-corrected chi connectivity index (χ3v) is 3.49. The molecule has 1 saturated carbocycles. The van der Waals surface area contributed by atoms with Crippen LogP contribution in [0.2, 0.25) is 0 Å². The van der Waals surface area contributed by atoms with Crippen molar-refractivity contribution in [2.24, 2.45) is 5.92 Å². The lowest BCUT2D eigenvalue weighted by Crippen LogP contribution is -2.28. The minimum atomic E-state index is -0.114. The van der Waals surface area contributed by atoms with Gasteiger partial charge in [-0.25, -0.2) is 0 Å². The maximum absolute atomic E-state index is 11.4. The second kappa shape index (κ2) is 6.24. The second-order valence-corrected chi connectivity index (χ2v) is 4.75. The average molecular weight is 259 g/mol. The van der Waals surface area contributed by atoms with Crippen LogP contribution in [0.5, 0.6) is 5.75 Å². The average Bonchev–Trinajstić information content (AvgIpc) is 2.48. The Morgan fingerprint density at radius 1 is 1.21 bits per heavy atom. The largest absolute Gasteiger partial charge is 0.490 e. The summed E-state index contributed by atoms with van der Waals surface area (Å²) in [6.07, 6.45) is 3.50. The zero-order valence-electron chi connectivity index (χ0n) is 11.0. The molecule has 1 aliphatic carbocycles. The van der Waals surface area contributed by atoms with Crippen LogP contribution in [0.15, 0.2) is 24.3 Å². The first-order chi connectivity index (χ1) is 9.22. The molecule has 0 aromatic heterocycles. The van der Waals surface area contributed by atoms with E-state index in [1.54, 1.807) is 12.1 Å². The summed E-state index contributed by atoms with van der Waals surface area (Å²) in [5.74, 6) is 0.683. The molecule has 100 valence electrons. The van der Waals surface area contributed by atoms with Crippen LogP contribution in [0.4, 0.5) is 0 Å². The van der Waals surface area contributed by atoms with E-state index in [9.17, 15) is 4.79 Å². The number of methoxy groups -OCH3 is 1. The van der Waals surface area contributed by atoms with Gasteiger partial charge in [0.2, 0.25) is 0 Å². The number of benzene rings is 1. The Labute approximate surface area is 112 Å². The number of nitrogens with zero attached hydrogens (tertiary/aromatic N) is 1. The molecule has 2 rings (SSSR count). The van der Waals surface area contributed by atoms with Gasteiger partial charge < -0.3 is 9.47 Å². The van der Waals surface area contributed by atoms with Gasteiger partial charge >= 0.3 is 5.97 Å². The smallest absolute Gasteiger partial charge is 0.308 e. The Kier molecular flexibility index (Phi) is 4.40. The van der Waals surface area contributed by atoms with Crippen LogP contribution >= 0.6 is 0 Å². The van der Waals surface area contributed by atoms with Crippen molar-refractivity contribution in [3.8, 4) is 11.8 Å². The van der Waals surface area contributed by atoms with Gasteiger partial charge in [0.25, 0.3) is 0 Å². The molecule has 1 aromatic rings. The molecule has 0 spiro atoms. The number of carbonyl (C=O) groups is 1. The Morgan fingerprint density at radius 3 is 2.37 bits per heavy atom. The van der Waals surface area contributed by atoms with Crippen molar-refractivity contribution < 1.29 is 14.3 Å². The number of ether oxygens (including phenoxy) is 2. The van der Waals surface area contributed by atoms with Crippen molar-refractivity contribution in [3.05, 3.63) is 29.8 Å². The van der Waals surface area contributed by atoms with Crippen LogP contribution < -0.4 is 4.74 Å². The molecule has 4 nitrogen and oxygen atoms in total. The van der Waals surface area contributed by atoms with Gasteiger partial charge in [-0.1, -0.05) is 0 Å². The summed E-state index contributed by atoms with van der Waals surface area (Å²) in [5, 5.41) is 8.72. The van der Waals surface area contributed by atoms with Gasteiger partial charge in [-0.3, -0.25) is 4.79 Å². The Balaban J connectivity index is 1.85. The zero-order chi connectivity index (χ0) is 13.7. The minimum absolute atomic E-state index is 0.0193. The number of carbonyl (C=O) groups excluding carboxylic acids is 1. The molecule has 4 heteroatoms. The summed E-state index contributed by atoms with van der Waals surface area (Å²) < 4.78 is 10.6. The third-order valence-electron chi connectivity index (χ3n) is 3.49. The third kappa shape index (κ3) is 3.47. The normalized spacial score (nSPS) is 22.3. The van der Waals surface area contributed by atoms with Crippen LogP contribution in [0.3, 0.4) is 0 Å². The maximum Gasteiger partial charge on any atom is 0.308 e.